The smallest absolute Gasteiger partial charge is 0.244 e. The molecule has 1 aromatic heterocycles. The summed E-state index contributed by atoms with van der Waals surface area (Å²) in [5.41, 5.74) is 0. The van der Waals surface area contributed by atoms with E-state index >= 15 is 0 Å². The number of sulfonamides is 1. The SMILES string of the molecule is CC1CCN(c2ccc(N3CCN(S(=O)(=O)c4ccccc4Cl)CC3)nn2)CC1. The highest BCUT2D eigenvalue weighted by Crippen LogP contribution is 2.26. The van der Waals surface area contributed by atoms with Crippen molar-refractivity contribution in [3.05, 3.63) is 41.4 Å². The summed E-state index contributed by atoms with van der Waals surface area (Å²) in [5, 5.41) is 9.07. The monoisotopic (exact) mass is 435 g/mol. The standard InChI is InChI=1S/C20H26ClN5O2S/c1-16-8-10-24(11-9-16)19-6-7-20(23-22-19)25-12-14-26(15-13-25)29(27,28)18-5-3-2-4-17(18)21/h2-7,16H,8-15H2,1H3. The Bertz CT molecular complexity index is 938. The van der Waals surface area contributed by atoms with E-state index in [4.69, 9.17) is 11.6 Å². The van der Waals surface area contributed by atoms with E-state index in [2.05, 4.69) is 26.9 Å². The molecule has 0 atom stereocenters. The molecule has 1 aromatic carbocycles. The van der Waals surface area contributed by atoms with Crippen LogP contribution >= 0.6 is 11.6 Å². The zero-order chi connectivity index (χ0) is 20.4. The quantitative estimate of drug-likeness (QED) is 0.735. The van der Waals surface area contributed by atoms with Gasteiger partial charge in [0.1, 0.15) is 4.90 Å². The predicted octanol–water partition coefficient (Wildman–Crippen LogP) is 2.88. The summed E-state index contributed by atoms with van der Waals surface area (Å²) in [6.07, 6.45) is 2.37. The van der Waals surface area contributed by atoms with Gasteiger partial charge in [-0.3, -0.25) is 0 Å². The first-order valence-electron chi connectivity index (χ1n) is 10.0. The molecule has 2 fully saturated rings. The third kappa shape index (κ3) is 4.34. The Morgan fingerprint density at radius 1 is 0.862 bits per heavy atom. The van der Waals surface area contributed by atoms with Crippen LogP contribution in [0.2, 0.25) is 5.02 Å². The Labute approximate surface area is 177 Å². The highest BCUT2D eigenvalue weighted by Gasteiger charge is 2.30. The summed E-state index contributed by atoms with van der Waals surface area (Å²) in [5.74, 6) is 2.48. The van der Waals surface area contributed by atoms with E-state index in [0.29, 0.717) is 26.2 Å². The van der Waals surface area contributed by atoms with Crippen LogP contribution < -0.4 is 9.80 Å². The maximum atomic E-state index is 12.9. The van der Waals surface area contributed by atoms with Gasteiger partial charge in [-0.05, 0) is 43.0 Å². The van der Waals surface area contributed by atoms with Crippen LogP contribution in [0.1, 0.15) is 19.8 Å². The van der Waals surface area contributed by atoms with E-state index in [9.17, 15) is 8.42 Å². The molecule has 2 saturated heterocycles. The lowest BCUT2D eigenvalue weighted by Crippen LogP contribution is -2.49. The van der Waals surface area contributed by atoms with Crippen LogP contribution in [0.5, 0.6) is 0 Å². The molecule has 29 heavy (non-hydrogen) atoms. The molecule has 0 N–H and O–H groups in total. The van der Waals surface area contributed by atoms with Crippen LogP contribution in [-0.4, -0.2) is 62.2 Å². The maximum Gasteiger partial charge on any atom is 0.244 e. The minimum absolute atomic E-state index is 0.162. The number of aromatic nitrogens is 2. The van der Waals surface area contributed by atoms with E-state index in [1.165, 1.54) is 17.1 Å². The number of benzene rings is 1. The molecule has 0 saturated carbocycles. The summed E-state index contributed by atoms with van der Waals surface area (Å²) < 4.78 is 27.3. The Morgan fingerprint density at radius 3 is 1.97 bits per heavy atom. The van der Waals surface area contributed by atoms with E-state index < -0.39 is 10.0 Å². The number of hydrogen-bond donors (Lipinski definition) is 0. The fourth-order valence-corrected chi connectivity index (χ4v) is 5.76. The predicted molar refractivity (Wildman–Crippen MR) is 115 cm³/mol. The van der Waals surface area contributed by atoms with Gasteiger partial charge in [0.15, 0.2) is 11.6 Å². The number of hydrogen-bond acceptors (Lipinski definition) is 6. The molecule has 0 amide bonds. The van der Waals surface area contributed by atoms with Crippen LogP contribution in [0.3, 0.4) is 0 Å². The molecule has 2 aliphatic rings. The van der Waals surface area contributed by atoms with E-state index in [0.717, 1.165) is 30.6 Å². The molecule has 0 aliphatic carbocycles. The average molecular weight is 436 g/mol. The van der Waals surface area contributed by atoms with Crippen LogP contribution in [0.4, 0.5) is 11.6 Å². The van der Waals surface area contributed by atoms with E-state index in [1.54, 1.807) is 24.3 Å². The second-order valence-corrected chi connectivity index (χ2v) is 10.1. The first-order valence-corrected chi connectivity index (χ1v) is 11.9. The summed E-state index contributed by atoms with van der Waals surface area (Å²) in [4.78, 5) is 4.52. The Kier molecular flexibility index (Phi) is 5.94. The van der Waals surface area contributed by atoms with Gasteiger partial charge in [-0.15, -0.1) is 10.2 Å². The molecule has 4 rings (SSSR count). The van der Waals surface area contributed by atoms with Crippen molar-refractivity contribution >= 4 is 33.3 Å². The largest absolute Gasteiger partial charge is 0.355 e. The molecule has 156 valence electrons. The lowest BCUT2D eigenvalue weighted by molar-refractivity contribution is 0.383. The van der Waals surface area contributed by atoms with Crippen molar-refractivity contribution in [2.45, 2.75) is 24.7 Å². The van der Waals surface area contributed by atoms with Gasteiger partial charge in [-0.25, -0.2) is 8.42 Å². The van der Waals surface area contributed by atoms with Gasteiger partial charge in [-0.1, -0.05) is 30.7 Å². The van der Waals surface area contributed by atoms with Gasteiger partial charge >= 0.3 is 0 Å². The first kappa shape index (κ1) is 20.4. The van der Waals surface area contributed by atoms with Crippen molar-refractivity contribution < 1.29 is 8.42 Å². The summed E-state index contributed by atoms with van der Waals surface area (Å²) in [6.45, 7) is 6.25. The van der Waals surface area contributed by atoms with Crippen molar-refractivity contribution in [2.75, 3.05) is 49.1 Å². The van der Waals surface area contributed by atoms with Gasteiger partial charge < -0.3 is 9.80 Å². The average Bonchev–Trinajstić information content (AvgIpc) is 2.75. The molecule has 2 aliphatic heterocycles. The molecular formula is C20H26ClN5O2S. The third-order valence-corrected chi connectivity index (χ3v) is 8.16. The van der Waals surface area contributed by atoms with Gasteiger partial charge in [0, 0.05) is 39.3 Å². The van der Waals surface area contributed by atoms with Crippen molar-refractivity contribution in [3.63, 3.8) is 0 Å². The Hall–Kier alpha value is -1.90. The minimum atomic E-state index is -3.59. The summed E-state index contributed by atoms with van der Waals surface area (Å²) in [7, 11) is -3.59. The number of rotatable bonds is 4. The number of piperidine rings is 1. The number of nitrogens with zero attached hydrogens (tertiary/aromatic N) is 5. The van der Waals surface area contributed by atoms with E-state index in [1.807, 2.05) is 12.1 Å². The zero-order valence-corrected chi connectivity index (χ0v) is 18.1. The van der Waals surface area contributed by atoms with E-state index in [-0.39, 0.29) is 9.92 Å². The maximum absolute atomic E-state index is 12.9. The van der Waals surface area contributed by atoms with Gasteiger partial charge in [0.25, 0.3) is 0 Å². The summed E-state index contributed by atoms with van der Waals surface area (Å²) in [6, 6.07) is 10.6. The fraction of sp³-hybridized carbons (Fsp3) is 0.500. The van der Waals surface area contributed by atoms with Crippen LogP contribution in [0, 0.1) is 5.92 Å². The van der Waals surface area contributed by atoms with Gasteiger partial charge in [0.2, 0.25) is 10.0 Å². The first-order chi connectivity index (χ1) is 13.9. The molecule has 0 bridgehead atoms. The minimum Gasteiger partial charge on any atom is -0.355 e. The molecule has 3 heterocycles. The normalized spacial score (nSPS) is 19.5. The summed E-state index contributed by atoms with van der Waals surface area (Å²) >= 11 is 6.10. The second kappa shape index (κ2) is 8.45. The fourth-order valence-electron chi connectivity index (χ4n) is 3.84. The molecule has 9 heteroatoms. The highest BCUT2D eigenvalue weighted by molar-refractivity contribution is 7.89. The molecular weight excluding hydrogens is 410 g/mol. The zero-order valence-electron chi connectivity index (χ0n) is 16.5. The third-order valence-electron chi connectivity index (χ3n) is 5.76. The Balaban J connectivity index is 1.39. The van der Waals surface area contributed by atoms with Crippen molar-refractivity contribution in [1.29, 1.82) is 0 Å². The number of halogens is 1. The lowest BCUT2D eigenvalue weighted by atomic mass is 9.99. The van der Waals surface area contributed by atoms with Gasteiger partial charge in [0.05, 0.1) is 5.02 Å². The number of anilines is 2. The highest BCUT2D eigenvalue weighted by atomic mass is 35.5. The van der Waals surface area contributed by atoms with Crippen LogP contribution in [-0.2, 0) is 10.0 Å². The van der Waals surface area contributed by atoms with Crippen molar-refractivity contribution in [2.24, 2.45) is 5.92 Å². The lowest BCUT2D eigenvalue weighted by Gasteiger charge is -2.35. The molecule has 0 spiro atoms. The molecule has 0 unspecified atom stereocenters. The van der Waals surface area contributed by atoms with Crippen LogP contribution in [0.25, 0.3) is 0 Å². The molecule has 7 nitrogen and oxygen atoms in total. The second-order valence-electron chi connectivity index (χ2n) is 7.74. The van der Waals surface area contributed by atoms with Crippen LogP contribution in [0.15, 0.2) is 41.3 Å². The molecule has 0 radical (unpaired) electrons. The van der Waals surface area contributed by atoms with Crippen molar-refractivity contribution in [3.8, 4) is 0 Å². The number of piperazine rings is 1. The van der Waals surface area contributed by atoms with Gasteiger partial charge in [-0.2, -0.15) is 4.31 Å². The van der Waals surface area contributed by atoms with Crippen molar-refractivity contribution in [1.82, 2.24) is 14.5 Å². The molecule has 2 aromatic rings. The topological polar surface area (TPSA) is 69.6 Å². The Morgan fingerprint density at radius 2 is 1.41 bits per heavy atom.